The SMILES string of the molecule is O=C(NCCc1c[nH]c2ccccc12)N1CCC(c2nc3ccccc3o2)CC1. The lowest BCUT2D eigenvalue weighted by Crippen LogP contribution is -2.44. The normalized spacial score (nSPS) is 15.2. The van der Waals surface area contributed by atoms with Gasteiger partial charge in [-0.3, -0.25) is 0 Å². The Morgan fingerprint density at radius 2 is 1.93 bits per heavy atom. The van der Waals surface area contributed by atoms with Gasteiger partial charge >= 0.3 is 6.03 Å². The lowest BCUT2D eigenvalue weighted by atomic mass is 9.97. The molecule has 1 fully saturated rings. The summed E-state index contributed by atoms with van der Waals surface area (Å²) in [7, 11) is 0. The van der Waals surface area contributed by atoms with Crippen LogP contribution in [0.4, 0.5) is 4.79 Å². The van der Waals surface area contributed by atoms with Crippen LogP contribution in [0, 0.1) is 0 Å². The van der Waals surface area contributed by atoms with E-state index in [1.807, 2.05) is 47.5 Å². The molecule has 0 atom stereocenters. The smallest absolute Gasteiger partial charge is 0.317 e. The van der Waals surface area contributed by atoms with Gasteiger partial charge in [-0.2, -0.15) is 0 Å². The zero-order valence-electron chi connectivity index (χ0n) is 16.2. The Morgan fingerprint density at radius 3 is 2.79 bits per heavy atom. The standard InChI is InChI=1S/C23H24N4O2/c28-23(24-12-9-17-15-25-19-6-2-1-5-18(17)19)27-13-10-16(11-14-27)22-26-20-7-3-4-8-21(20)29-22/h1-8,15-16,25H,9-14H2,(H,24,28). The van der Waals surface area contributed by atoms with Crippen LogP contribution >= 0.6 is 0 Å². The Balaban J connectivity index is 1.13. The molecule has 2 amide bonds. The zero-order valence-corrected chi connectivity index (χ0v) is 16.2. The van der Waals surface area contributed by atoms with Crippen LogP contribution in [0.15, 0.2) is 59.1 Å². The van der Waals surface area contributed by atoms with E-state index < -0.39 is 0 Å². The topological polar surface area (TPSA) is 74.2 Å². The maximum atomic E-state index is 12.5. The van der Waals surface area contributed by atoms with Crippen molar-refractivity contribution < 1.29 is 9.21 Å². The van der Waals surface area contributed by atoms with E-state index in [1.54, 1.807) is 0 Å². The minimum absolute atomic E-state index is 0.0147. The Morgan fingerprint density at radius 1 is 1.14 bits per heavy atom. The third kappa shape index (κ3) is 3.58. The molecule has 5 rings (SSSR count). The number of amides is 2. The first-order valence-electron chi connectivity index (χ1n) is 10.2. The first kappa shape index (κ1) is 17.8. The number of piperidine rings is 1. The maximum absolute atomic E-state index is 12.5. The number of benzene rings is 2. The molecule has 0 aliphatic carbocycles. The Labute approximate surface area is 168 Å². The summed E-state index contributed by atoms with van der Waals surface area (Å²) in [6.45, 7) is 2.08. The Bertz CT molecular complexity index is 1100. The van der Waals surface area contributed by atoms with Gasteiger partial charge in [-0.25, -0.2) is 9.78 Å². The highest BCUT2D eigenvalue weighted by atomic mass is 16.3. The van der Waals surface area contributed by atoms with Gasteiger partial charge < -0.3 is 19.6 Å². The molecule has 0 unspecified atom stereocenters. The number of aromatic amines is 1. The monoisotopic (exact) mass is 388 g/mol. The molecule has 29 heavy (non-hydrogen) atoms. The van der Waals surface area contributed by atoms with Gasteiger partial charge in [0.1, 0.15) is 5.52 Å². The van der Waals surface area contributed by atoms with E-state index >= 15 is 0 Å². The van der Waals surface area contributed by atoms with Crippen molar-refractivity contribution in [3.8, 4) is 0 Å². The van der Waals surface area contributed by atoms with Crippen molar-refractivity contribution >= 4 is 28.0 Å². The molecule has 2 N–H and O–H groups in total. The zero-order chi connectivity index (χ0) is 19.6. The van der Waals surface area contributed by atoms with Gasteiger partial charge in [0.15, 0.2) is 11.5 Å². The molecule has 0 spiro atoms. The van der Waals surface area contributed by atoms with Gasteiger partial charge in [0.25, 0.3) is 0 Å². The third-order valence-corrected chi connectivity index (χ3v) is 5.79. The van der Waals surface area contributed by atoms with Gasteiger partial charge in [0, 0.05) is 42.7 Å². The van der Waals surface area contributed by atoms with Crippen molar-refractivity contribution in [1.29, 1.82) is 0 Å². The van der Waals surface area contributed by atoms with Crippen LogP contribution < -0.4 is 5.32 Å². The van der Waals surface area contributed by atoms with Crippen LogP contribution in [0.2, 0.25) is 0 Å². The number of para-hydroxylation sites is 3. The fraction of sp³-hybridized carbons (Fsp3) is 0.304. The Kier molecular flexibility index (Phi) is 4.68. The minimum Gasteiger partial charge on any atom is -0.440 e. The minimum atomic E-state index is 0.0147. The number of nitrogens with one attached hydrogen (secondary N) is 2. The summed E-state index contributed by atoms with van der Waals surface area (Å²) in [5.41, 5.74) is 4.10. The molecule has 1 saturated heterocycles. The fourth-order valence-electron chi connectivity index (χ4n) is 4.15. The summed E-state index contributed by atoms with van der Waals surface area (Å²) in [6, 6.07) is 16.1. The number of rotatable bonds is 4. The molecule has 2 aromatic heterocycles. The first-order chi connectivity index (χ1) is 14.3. The highest BCUT2D eigenvalue weighted by molar-refractivity contribution is 5.83. The predicted octanol–water partition coefficient (Wildman–Crippen LogP) is 4.44. The molecule has 6 heteroatoms. The molecule has 1 aliphatic rings. The number of carbonyl (C=O) groups is 1. The van der Waals surface area contributed by atoms with Crippen molar-refractivity contribution in [2.45, 2.75) is 25.2 Å². The second-order valence-corrected chi connectivity index (χ2v) is 7.62. The van der Waals surface area contributed by atoms with Crippen LogP contribution in [0.1, 0.15) is 30.2 Å². The van der Waals surface area contributed by atoms with Crippen molar-refractivity contribution in [3.05, 3.63) is 66.2 Å². The number of urea groups is 1. The third-order valence-electron chi connectivity index (χ3n) is 5.79. The second-order valence-electron chi connectivity index (χ2n) is 7.62. The highest BCUT2D eigenvalue weighted by Crippen LogP contribution is 2.29. The van der Waals surface area contributed by atoms with E-state index in [9.17, 15) is 4.79 Å². The lowest BCUT2D eigenvalue weighted by Gasteiger charge is -2.30. The molecular formula is C23H24N4O2. The van der Waals surface area contributed by atoms with Crippen molar-refractivity contribution in [3.63, 3.8) is 0 Å². The number of carbonyl (C=O) groups excluding carboxylic acids is 1. The van der Waals surface area contributed by atoms with Gasteiger partial charge in [-0.05, 0) is 43.0 Å². The number of H-pyrrole nitrogens is 1. The number of likely N-dealkylation sites (tertiary alicyclic amines) is 1. The van der Waals surface area contributed by atoms with Gasteiger partial charge in [-0.1, -0.05) is 30.3 Å². The molecule has 0 radical (unpaired) electrons. The number of hydrogen-bond acceptors (Lipinski definition) is 3. The molecule has 6 nitrogen and oxygen atoms in total. The number of nitrogens with zero attached hydrogens (tertiary/aromatic N) is 2. The average molecular weight is 388 g/mol. The largest absolute Gasteiger partial charge is 0.440 e. The molecular weight excluding hydrogens is 364 g/mol. The van der Waals surface area contributed by atoms with Crippen molar-refractivity contribution in [2.24, 2.45) is 0 Å². The molecule has 1 aliphatic heterocycles. The van der Waals surface area contributed by atoms with E-state index in [1.165, 1.54) is 10.9 Å². The fourth-order valence-corrected chi connectivity index (χ4v) is 4.15. The van der Waals surface area contributed by atoms with Crippen LogP contribution in [0.5, 0.6) is 0 Å². The maximum Gasteiger partial charge on any atom is 0.317 e. The number of aromatic nitrogens is 2. The highest BCUT2D eigenvalue weighted by Gasteiger charge is 2.26. The summed E-state index contributed by atoms with van der Waals surface area (Å²) in [5, 5.41) is 4.29. The van der Waals surface area contributed by atoms with E-state index in [0.29, 0.717) is 6.54 Å². The van der Waals surface area contributed by atoms with Crippen LogP contribution in [-0.2, 0) is 6.42 Å². The molecule has 4 aromatic rings. The van der Waals surface area contributed by atoms with Crippen LogP contribution in [-0.4, -0.2) is 40.5 Å². The summed E-state index contributed by atoms with van der Waals surface area (Å²) in [6.07, 6.45) is 4.60. The van der Waals surface area contributed by atoms with E-state index in [2.05, 4.69) is 27.4 Å². The first-order valence-corrected chi connectivity index (χ1v) is 10.2. The van der Waals surface area contributed by atoms with E-state index in [-0.39, 0.29) is 11.9 Å². The van der Waals surface area contributed by atoms with Crippen LogP contribution in [0.3, 0.4) is 0 Å². The molecule has 0 bridgehead atoms. The summed E-state index contributed by atoms with van der Waals surface area (Å²) in [5.74, 6) is 1.07. The van der Waals surface area contributed by atoms with Gasteiger partial charge in [-0.15, -0.1) is 0 Å². The molecule has 0 saturated carbocycles. The number of hydrogen-bond donors (Lipinski definition) is 2. The summed E-state index contributed by atoms with van der Waals surface area (Å²) < 4.78 is 5.91. The van der Waals surface area contributed by atoms with E-state index in [4.69, 9.17) is 4.42 Å². The van der Waals surface area contributed by atoms with Crippen molar-refractivity contribution in [2.75, 3.05) is 19.6 Å². The molecule has 2 aromatic carbocycles. The quantitative estimate of drug-likeness (QED) is 0.543. The summed E-state index contributed by atoms with van der Waals surface area (Å²) in [4.78, 5) is 22.3. The summed E-state index contributed by atoms with van der Waals surface area (Å²) >= 11 is 0. The second kappa shape index (κ2) is 7.62. The number of oxazole rings is 1. The van der Waals surface area contributed by atoms with Gasteiger partial charge in [0.05, 0.1) is 0 Å². The number of fused-ring (bicyclic) bond motifs is 2. The lowest BCUT2D eigenvalue weighted by molar-refractivity contribution is 0.178. The van der Waals surface area contributed by atoms with E-state index in [0.717, 1.165) is 54.9 Å². The van der Waals surface area contributed by atoms with Gasteiger partial charge in [0.2, 0.25) is 0 Å². The Hall–Kier alpha value is -3.28. The molecule has 3 heterocycles. The predicted molar refractivity (Wildman–Crippen MR) is 113 cm³/mol. The average Bonchev–Trinajstić information content (AvgIpc) is 3.38. The van der Waals surface area contributed by atoms with Crippen LogP contribution in [0.25, 0.3) is 22.0 Å². The van der Waals surface area contributed by atoms with Crippen molar-refractivity contribution in [1.82, 2.24) is 20.2 Å². The molecule has 148 valence electrons.